The molecule has 6 nitrogen and oxygen atoms in total. The molecule has 0 aromatic heterocycles. The molecule has 0 unspecified atom stereocenters. The van der Waals surface area contributed by atoms with E-state index in [1.54, 1.807) is 14.2 Å². The van der Waals surface area contributed by atoms with E-state index in [1.807, 2.05) is 6.07 Å². The third-order valence-electron chi connectivity index (χ3n) is 8.04. The van der Waals surface area contributed by atoms with Gasteiger partial charge in [0.25, 0.3) is 0 Å². The van der Waals surface area contributed by atoms with E-state index in [0.717, 1.165) is 69.1 Å². The van der Waals surface area contributed by atoms with Gasteiger partial charge < -0.3 is 19.7 Å². The molecule has 1 aliphatic carbocycles. The van der Waals surface area contributed by atoms with Crippen LogP contribution in [0.4, 0.5) is 5.69 Å². The van der Waals surface area contributed by atoms with Gasteiger partial charge in [-0.3, -0.25) is 9.89 Å². The van der Waals surface area contributed by atoms with E-state index in [1.165, 1.54) is 60.6 Å². The summed E-state index contributed by atoms with van der Waals surface area (Å²) < 4.78 is 11.6. The van der Waals surface area contributed by atoms with Gasteiger partial charge >= 0.3 is 0 Å². The molecule has 0 spiro atoms. The molecule has 2 aromatic rings. The highest BCUT2D eigenvalue weighted by Crippen LogP contribution is 2.28. The van der Waals surface area contributed by atoms with Gasteiger partial charge in [0.1, 0.15) is 16.9 Å². The number of anilines is 1. The van der Waals surface area contributed by atoms with Crippen LogP contribution in [0.5, 0.6) is 11.5 Å². The first-order valence-electron chi connectivity index (χ1n) is 13.8. The zero-order valence-electron chi connectivity index (χ0n) is 22.1. The molecule has 1 N–H and O–H groups in total. The molecule has 5 rings (SSSR count). The van der Waals surface area contributed by atoms with Gasteiger partial charge in [0.05, 0.1) is 19.9 Å². The quantitative estimate of drug-likeness (QED) is 0.573. The lowest BCUT2D eigenvalue weighted by molar-refractivity contribution is 0.248. The third kappa shape index (κ3) is 5.70. The maximum absolute atomic E-state index is 5.95. The number of benzene rings is 2. The van der Waals surface area contributed by atoms with Gasteiger partial charge in [-0.1, -0.05) is 43.9 Å². The highest BCUT2D eigenvalue weighted by atomic mass is 16.5. The number of methoxy groups -OCH3 is 2. The van der Waals surface area contributed by atoms with Crippen molar-refractivity contribution in [2.45, 2.75) is 64.1 Å². The zero-order chi connectivity index (χ0) is 24.7. The van der Waals surface area contributed by atoms with Crippen molar-refractivity contribution in [3.63, 3.8) is 0 Å². The Balaban J connectivity index is 1.32. The molecule has 0 amide bonds. The van der Waals surface area contributed by atoms with Crippen molar-refractivity contribution in [1.82, 2.24) is 10.2 Å². The molecule has 194 valence electrons. The molecule has 2 aliphatic heterocycles. The fourth-order valence-corrected chi connectivity index (χ4v) is 6.06. The minimum Gasteiger partial charge on any atom is -0.495 e. The maximum atomic E-state index is 5.95. The summed E-state index contributed by atoms with van der Waals surface area (Å²) in [4.78, 5) is 9.96. The molecule has 1 saturated carbocycles. The number of piperazine rings is 1. The highest BCUT2D eigenvalue weighted by Gasteiger charge is 2.22. The van der Waals surface area contributed by atoms with Gasteiger partial charge in [0, 0.05) is 62.6 Å². The lowest BCUT2D eigenvalue weighted by atomic mass is 10.0. The first-order valence-corrected chi connectivity index (χ1v) is 13.8. The number of nitrogens with one attached hydrogen (secondary N) is 1. The summed E-state index contributed by atoms with van der Waals surface area (Å²) in [6.07, 6.45) is 11.4. The van der Waals surface area contributed by atoms with Crippen LogP contribution in [0, 0.1) is 0 Å². The Morgan fingerprint density at radius 2 is 1.72 bits per heavy atom. The normalized spacial score (nSPS) is 19.1. The predicted octanol–water partition coefficient (Wildman–Crippen LogP) is 3.64. The van der Waals surface area contributed by atoms with Crippen LogP contribution in [0.15, 0.2) is 35.3 Å². The third-order valence-corrected chi connectivity index (χ3v) is 8.04. The van der Waals surface area contributed by atoms with Crippen LogP contribution in [0.3, 0.4) is 0 Å². The minimum absolute atomic E-state index is 0.614. The van der Waals surface area contributed by atoms with Crippen LogP contribution in [0.2, 0.25) is 0 Å². The topological polar surface area (TPSA) is 49.3 Å². The van der Waals surface area contributed by atoms with E-state index in [2.05, 4.69) is 45.5 Å². The van der Waals surface area contributed by atoms with Crippen molar-refractivity contribution in [2.75, 3.05) is 51.8 Å². The second kappa shape index (κ2) is 12.1. The monoisotopic (exact) mass is 490 g/mol. The number of nitrogens with zero attached hydrogens (tertiary/aromatic N) is 3. The number of fused-ring (bicyclic) bond motifs is 1. The maximum Gasteiger partial charge on any atom is 0.149 e. The number of rotatable bonds is 8. The Morgan fingerprint density at radius 3 is 2.47 bits per heavy atom. The summed E-state index contributed by atoms with van der Waals surface area (Å²) in [6.45, 7) is 6.72. The zero-order valence-corrected chi connectivity index (χ0v) is 22.1. The number of hydrogen-bond acceptors (Lipinski definition) is 6. The van der Waals surface area contributed by atoms with E-state index < -0.39 is 0 Å². The fraction of sp³-hybridized carbons (Fsp3) is 0.567. The molecule has 36 heavy (non-hydrogen) atoms. The molecule has 2 fully saturated rings. The lowest BCUT2D eigenvalue weighted by Gasteiger charge is -2.36. The van der Waals surface area contributed by atoms with Crippen molar-refractivity contribution < 1.29 is 9.47 Å². The summed E-state index contributed by atoms with van der Waals surface area (Å²) in [7, 11) is 3.55. The van der Waals surface area contributed by atoms with Gasteiger partial charge in [0.15, 0.2) is 0 Å². The summed E-state index contributed by atoms with van der Waals surface area (Å²) in [5, 5.41) is 6.20. The highest BCUT2D eigenvalue weighted by molar-refractivity contribution is 5.58. The Morgan fingerprint density at radius 1 is 0.944 bits per heavy atom. The second-order valence-corrected chi connectivity index (χ2v) is 10.4. The molecule has 3 aliphatic rings. The Bertz CT molecular complexity index is 1130. The number of hydrogen-bond donors (Lipinski definition) is 1. The molecule has 0 bridgehead atoms. The molecular weight excluding hydrogens is 448 g/mol. The standard InChI is InChI=1S/C30H42N4O2/c1-35-28-14-8-7-13-27(28)34-18-16-33(17-19-34)22-24-20-23(21-32-25-10-5-3-4-6-11-25)30(36-2)29-26(24)12-9-15-31-29/h7-8,12-14,20,25,32H,3-6,9-11,15-19,21-22H2,1-2H3. The van der Waals surface area contributed by atoms with E-state index in [9.17, 15) is 0 Å². The number of para-hydroxylation sites is 2. The van der Waals surface area contributed by atoms with Gasteiger partial charge in [-0.25, -0.2) is 0 Å². The fourth-order valence-electron chi connectivity index (χ4n) is 6.06. The van der Waals surface area contributed by atoms with Crippen molar-refractivity contribution >= 4 is 11.8 Å². The first kappa shape index (κ1) is 25.1. The van der Waals surface area contributed by atoms with Crippen molar-refractivity contribution in [3.8, 4) is 11.5 Å². The van der Waals surface area contributed by atoms with Crippen LogP contribution in [-0.2, 0) is 13.1 Å². The van der Waals surface area contributed by atoms with Gasteiger partial charge in [-0.2, -0.15) is 0 Å². The summed E-state index contributed by atoms with van der Waals surface area (Å²) in [5.41, 5.74) is 3.83. The average Bonchev–Trinajstić information content (AvgIpc) is 3.21. The van der Waals surface area contributed by atoms with E-state index in [0.29, 0.717) is 6.04 Å². The molecule has 2 heterocycles. The van der Waals surface area contributed by atoms with Crippen LogP contribution in [-0.4, -0.2) is 57.9 Å². The van der Waals surface area contributed by atoms with Crippen LogP contribution >= 0.6 is 0 Å². The summed E-state index contributed by atoms with van der Waals surface area (Å²) >= 11 is 0. The average molecular weight is 491 g/mol. The van der Waals surface area contributed by atoms with E-state index >= 15 is 0 Å². The molecular formula is C30H42N4O2. The van der Waals surface area contributed by atoms with Gasteiger partial charge in [-0.05, 0) is 43.0 Å². The van der Waals surface area contributed by atoms with E-state index in [-0.39, 0.29) is 0 Å². The van der Waals surface area contributed by atoms with Gasteiger partial charge in [0.2, 0.25) is 0 Å². The van der Waals surface area contributed by atoms with Crippen LogP contribution in [0.1, 0.15) is 56.1 Å². The molecule has 0 atom stereocenters. The van der Waals surface area contributed by atoms with Crippen molar-refractivity contribution in [2.24, 2.45) is 4.99 Å². The Hall–Kier alpha value is -2.57. The molecule has 2 aromatic carbocycles. The molecule has 0 radical (unpaired) electrons. The lowest BCUT2D eigenvalue weighted by Crippen LogP contribution is -2.47. The first-order chi connectivity index (χ1) is 17.8. The van der Waals surface area contributed by atoms with Crippen LogP contribution < -0.4 is 30.3 Å². The summed E-state index contributed by atoms with van der Waals surface area (Å²) in [6, 6.07) is 11.4. The van der Waals surface area contributed by atoms with Crippen molar-refractivity contribution in [3.05, 3.63) is 52.0 Å². The largest absolute Gasteiger partial charge is 0.495 e. The Kier molecular flexibility index (Phi) is 8.44. The number of ether oxygens (including phenoxy) is 2. The second-order valence-electron chi connectivity index (χ2n) is 10.4. The van der Waals surface area contributed by atoms with Gasteiger partial charge in [-0.15, -0.1) is 0 Å². The minimum atomic E-state index is 0.614. The SMILES string of the molecule is COc1ccccc1N1CCN(Cc2cc(CNC3CCCCCC3)c(OC)c3c2=CCCN=3)CC1. The molecule has 1 saturated heterocycles. The predicted molar refractivity (Wildman–Crippen MR) is 147 cm³/mol. The van der Waals surface area contributed by atoms with Crippen molar-refractivity contribution in [1.29, 1.82) is 0 Å². The van der Waals surface area contributed by atoms with Crippen LogP contribution in [0.25, 0.3) is 6.08 Å². The Labute approximate surface area is 216 Å². The van der Waals surface area contributed by atoms with E-state index in [4.69, 9.17) is 14.5 Å². The molecule has 6 heteroatoms. The smallest absolute Gasteiger partial charge is 0.149 e. The summed E-state index contributed by atoms with van der Waals surface area (Å²) in [5.74, 6) is 1.92.